The van der Waals surface area contributed by atoms with Gasteiger partial charge in [-0.1, -0.05) is 13.0 Å². The first-order chi connectivity index (χ1) is 11.1. The van der Waals surface area contributed by atoms with E-state index in [9.17, 15) is 9.59 Å². The number of ether oxygens (including phenoxy) is 2. The molecule has 0 unspecified atom stereocenters. The Kier molecular flexibility index (Phi) is 6.44. The summed E-state index contributed by atoms with van der Waals surface area (Å²) in [6.07, 6.45) is 4.16. The molecular weight excluding hydrogens is 294 g/mol. The molecule has 1 aliphatic carbocycles. The van der Waals surface area contributed by atoms with E-state index in [0.29, 0.717) is 18.9 Å². The number of hydrogen-bond acceptors (Lipinski definition) is 4. The van der Waals surface area contributed by atoms with Crippen LogP contribution in [-0.4, -0.2) is 43.1 Å². The van der Waals surface area contributed by atoms with Crippen LogP contribution in [-0.2, 0) is 27.2 Å². The molecule has 0 saturated heterocycles. The van der Waals surface area contributed by atoms with E-state index in [1.54, 1.807) is 6.92 Å². The fourth-order valence-electron chi connectivity index (χ4n) is 2.80. The van der Waals surface area contributed by atoms with Crippen LogP contribution in [0.2, 0.25) is 0 Å². The first-order valence-corrected chi connectivity index (χ1v) is 8.32. The standard InChI is InChI=1S/C18H25NO4/c1-3-10-19(12-18(21)22-4-2)17(20)13-23-16-9-8-14-6-5-7-15(14)11-16/h8-9,11H,3-7,10,12-13H2,1-2H3. The van der Waals surface area contributed by atoms with Gasteiger partial charge in [-0.2, -0.15) is 0 Å². The minimum absolute atomic E-state index is 0.0198. The topological polar surface area (TPSA) is 55.8 Å². The van der Waals surface area contributed by atoms with Crippen LogP contribution < -0.4 is 4.74 Å². The van der Waals surface area contributed by atoms with Crippen molar-refractivity contribution >= 4 is 11.9 Å². The van der Waals surface area contributed by atoms with E-state index in [4.69, 9.17) is 9.47 Å². The molecule has 5 nitrogen and oxygen atoms in total. The molecule has 0 bridgehead atoms. The van der Waals surface area contributed by atoms with Crippen molar-refractivity contribution in [1.82, 2.24) is 4.90 Å². The number of rotatable bonds is 8. The second-order valence-corrected chi connectivity index (χ2v) is 5.69. The van der Waals surface area contributed by atoms with Crippen LogP contribution in [0.1, 0.15) is 37.8 Å². The molecule has 1 aromatic carbocycles. The van der Waals surface area contributed by atoms with Crippen molar-refractivity contribution in [3.8, 4) is 5.75 Å². The van der Waals surface area contributed by atoms with E-state index >= 15 is 0 Å². The summed E-state index contributed by atoms with van der Waals surface area (Å²) < 4.78 is 10.5. The fraction of sp³-hybridized carbons (Fsp3) is 0.556. The summed E-state index contributed by atoms with van der Waals surface area (Å²) in [5.41, 5.74) is 2.69. The zero-order chi connectivity index (χ0) is 16.7. The Bertz CT molecular complexity index is 556. The number of carbonyl (C=O) groups is 2. The van der Waals surface area contributed by atoms with Gasteiger partial charge in [0.05, 0.1) is 6.61 Å². The van der Waals surface area contributed by atoms with Gasteiger partial charge in [-0.15, -0.1) is 0 Å². The number of esters is 1. The van der Waals surface area contributed by atoms with E-state index in [1.807, 2.05) is 19.1 Å². The summed E-state index contributed by atoms with van der Waals surface area (Å²) in [7, 11) is 0. The Morgan fingerprint density at radius 1 is 1.17 bits per heavy atom. The van der Waals surface area contributed by atoms with Crippen molar-refractivity contribution in [2.75, 3.05) is 26.3 Å². The molecule has 0 aromatic heterocycles. The average Bonchev–Trinajstić information content (AvgIpc) is 3.00. The molecule has 1 aliphatic rings. The van der Waals surface area contributed by atoms with E-state index in [-0.39, 0.29) is 25.0 Å². The van der Waals surface area contributed by atoms with Crippen LogP contribution in [0.15, 0.2) is 18.2 Å². The van der Waals surface area contributed by atoms with Gasteiger partial charge in [-0.25, -0.2) is 0 Å². The highest BCUT2D eigenvalue weighted by atomic mass is 16.5. The zero-order valence-electron chi connectivity index (χ0n) is 14.0. The summed E-state index contributed by atoms with van der Waals surface area (Å²) in [6.45, 7) is 4.48. The Hall–Kier alpha value is -2.04. The molecule has 0 N–H and O–H groups in total. The van der Waals surface area contributed by atoms with Gasteiger partial charge < -0.3 is 14.4 Å². The molecule has 23 heavy (non-hydrogen) atoms. The van der Waals surface area contributed by atoms with E-state index in [0.717, 1.165) is 19.3 Å². The van der Waals surface area contributed by atoms with Crippen LogP contribution in [0.25, 0.3) is 0 Å². The van der Waals surface area contributed by atoms with Gasteiger partial charge in [-0.05, 0) is 55.9 Å². The van der Waals surface area contributed by atoms with Gasteiger partial charge in [0.25, 0.3) is 5.91 Å². The SMILES string of the molecule is CCCN(CC(=O)OCC)C(=O)COc1ccc2c(c1)CCC2. The minimum Gasteiger partial charge on any atom is -0.484 e. The van der Waals surface area contributed by atoms with Crippen molar-refractivity contribution in [2.24, 2.45) is 0 Å². The molecule has 0 heterocycles. The largest absolute Gasteiger partial charge is 0.484 e. The van der Waals surface area contributed by atoms with Crippen LogP contribution in [0.4, 0.5) is 0 Å². The number of amides is 1. The van der Waals surface area contributed by atoms with Gasteiger partial charge in [0, 0.05) is 6.54 Å². The highest BCUT2D eigenvalue weighted by Crippen LogP contribution is 2.25. The lowest BCUT2D eigenvalue weighted by Gasteiger charge is -2.21. The predicted octanol–water partition coefficient (Wildman–Crippen LogP) is 2.36. The molecule has 1 amide bonds. The Morgan fingerprint density at radius 3 is 2.70 bits per heavy atom. The summed E-state index contributed by atoms with van der Waals surface area (Å²) in [4.78, 5) is 25.3. The molecule has 0 spiro atoms. The molecule has 0 fully saturated rings. The van der Waals surface area contributed by atoms with Crippen LogP contribution in [0.3, 0.4) is 0 Å². The molecule has 1 aromatic rings. The highest BCUT2D eigenvalue weighted by molar-refractivity contribution is 5.83. The summed E-state index contributed by atoms with van der Waals surface area (Å²) in [5, 5.41) is 0. The third-order valence-corrected chi connectivity index (χ3v) is 3.90. The minimum atomic E-state index is -0.383. The van der Waals surface area contributed by atoms with Gasteiger partial charge in [-0.3, -0.25) is 9.59 Å². The molecule has 126 valence electrons. The third kappa shape index (κ3) is 4.98. The Morgan fingerprint density at radius 2 is 1.96 bits per heavy atom. The first-order valence-electron chi connectivity index (χ1n) is 8.32. The number of benzene rings is 1. The number of carbonyl (C=O) groups excluding carboxylic acids is 2. The Labute approximate surface area is 137 Å². The summed E-state index contributed by atoms with van der Waals surface area (Å²) >= 11 is 0. The van der Waals surface area contributed by atoms with Crippen LogP contribution in [0, 0.1) is 0 Å². The van der Waals surface area contributed by atoms with Crippen molar-refractivity contribution in [2.45, 2.75) is 39.5 Å². The molecular formula is C18H25NO4. The third-order valence-electron chi connectivity index (χ3n) is 3.90. The average molecular weight is 319 g/mol. The maximum absolute atomic E-state index is 12.3. The maximum atomic E-state index is 12.3. The second kappa shape index (κ2) is 8.56. The van der Waals surface area contributed by atoms with Crippen molar-refractivity contribution in [3.05, 3.63) is 29.3 Å². The quantitative estimate of drug-likeness (QED) is 0.690. The zero-order valence-corrected chi connectivity index (χ0v) is 14.0. The Balaban J connectivity index is 1.89. The molecule has 0 aliphatic heterocycles. The summed E-state index contributed by atoms with van der Waals surface area (Å²) in [6, 6.07) is 6.00. The van der Waals surface area contributed by atoms with Gasteiger partial charge in [0.1, 0.15) is 12.3 Å². The lowest BCUT2D eigenvalue weighted by atomic mass is 10.1. The smallest absolute Gasteiger partial charge is 0.325 e. The first kappa shape index (κ1) is 17.3. The second-order valence-electron chi connectivity index (χ2n) is 5.69. The van der Waals surface area contributed by atoms with E-state index in [1.165, 1.54) is 22.4 Å². The fourth-order valence-corrected chi connectivity index (χ4v) is 2.80. The maximum Gasteiger partial charge on any atom is 0.325 e. The van der Waals surface area contributed by atoms with E-state index in [2.05, 4.69) is 6.07 Å². The number of aryl methyl sites for hydroxylation is 2. The predicted molar refractivity (Wildman–Crippen MR) is 87.5 cm³/mol. The molecule has 0 atom stereocenters. The monoisotopic (exact) mass is 319 g/mol. The van der Waals surface area contributed by atoms with Gasteiger partial charge in [0.2, 0.25) is 0 Å². The molecule has 0 saturated carbocycles. The molecule has 2 rings (SSSR count). The number of nitrogens with zero attached hydrogens (tertiary/aromatic N) is 1. The van der Waals surface area contributed by atoms with Gasteiger partial charge >= 0.3 is 5.97 Å². The van der Waals surface area contributed by atoms with Crippen molar-refractivity contribution in [3.63, 3.8) is 0 Å². The van der Waals surface area contributed by atoms with Crippen LogP contribution >= 0.6 is 0 Å². The van der Waals surface area contributed by atoms with Gasteiger partial charge in [0.15, 0.2) is 6.61 Å². The molecule has 5 heteroatoms. The highest BCUT2D eigenvalue weighted by Gasteiger charge is 2.18. The molecule has 0 radical (unpaired) electrons. The van der Waals surface area contributed by atoms with Crippen molar-refractivity contribution in [1.29, 1.82) is 0 Å². The van der Waals surface area contributed by atoms with Crippen LogP contribution in [0.5, 0.6) is 5.75 Å². The van der Waals surface area contributed by atoms with Crippen molar-refractivity contribution < 1.29 is 19.1 Å². The lowest BCUT2D eigenvalue weighted by Crippen LogP contribution is -2.39. The number of fused-ring (bicyclic) bond motifs is 1. The number of hydrogen-bond donors (Lipinski definition) is 0. The normalized spacial score (nSPS) is 12.6. The van der Waals surface area contributed by atoms with E-state index < -0.39 is 0 Å². The lowest BCUT2D eigenvalue weighted by molar-refractivity contribution is -0.149. The summed E-state index contributed by atoms with van der Waals surface area (Å²) in [5.74, 6) is 0.138.